The summed E-state index contributed by atoms with van der Waals surface area (Å²) < 4.78 is 35.7. The summed E-state index contributed by atoms with van der Waals surface area (Å²) in [4.78, 5) is 4.28. The maximum absolute atomic E-state index is 12.5. The molecular formula is C17H20F2N4O2. The van der Waals surface area contributed by atoms with Crippen LogP contribution in [-0.4, -0.2) is 33.9 Å². The number of nitrogens with one attached hydrogen (secondary N) is 1. The van der Waals surface area contributed by atoms with E-state index in [1.165, 1.54) is 31.9 Å². The first-order valence-corrected chi connectivity index (χ1v) is 8.58. The van der Waals surface area contributed by atoms with Gasteiger partial charge in [0.05, 0.1) is 24.5 Å². The zero-order valence-electron chi connectivity index (χ0n) is 13.7. The highest BCUT2D eigenvalue weighted by atomic mass is 19.3. The van der Waals surface area contributed by atoms with Crippen molar-refractivity contribution in [3.8, 4) is 11.5 Å². The Balaban J connectivity index is 1.28. The molecule has 2 unspecified atom stereocenters. The van der Waals surface area contributed by atoms with E-state index >= 15 is 0 Å². The first kappa shape index (κ1) is 16.5. The van der Waals surface area contributed by atoms with Crippen LogP contribution in [0, 0.1) is 5.92 Å². The number of hydrogen-bond acceptors (Lipinski definition) is 6. The first-order valence-electron chi connectivity index (χ1n) is 8.58. The van der Waals surface area contributed by atoms with Gasteiger partial charge in [0, 0.05) is 18.3 Å². The maximum atomic E-state index is 12.5. The Hall–Kier alpha value is -1.93. The quantitative estimate of drug-likeness (QED) is 0.863. The van der Waals surface area contributed by atoms with Crippen LogP contribution in [0.15, 0.2) is 22.7 Å². The van der Waals surface area contributed by atoms with Gasteiger partial charge in [-0.05, 0) is 43.7 Å². The molecule has 0 aliphatic carbocycles. The van der Waals surface area contributed by atoms with E-state index in [0.29, 0.717) is 30.2 Å². The average molecular weight is 350 g/mol. The molecule has 6 nitrogen and oxygen atoms in total. The number of aromatic nitrogens is 3. The Kier molecular flexibility index (Phi) is 4.72. The second kappa shape index (κ2) is 7.13. The topological polar surface area (TPSA) is 73.1 Å². The van der Waals surface area contributed by atoms with Crippen LogP contribution in [0.1, 0.15) is 43.7 Å². The highest BCUT2D eigenvalue weighted by molar-refractivity contribution is 5.50. The van der Waals surface area contributed by atoms with E-state index in [9.17, 15) is 8.78 Å². The van der Waals surface area contributed by atoms with E-state index in [1.54, 1.807) is 12.1 Å². The molecule has 0 aromatic carbocycles. The number of piperidine rings is 1. The third-order valence-corrected chi connectivity index (χ3v) is 4.87. The Morgan fingerprint density at radius 1 is 1.20 bits per heavy atom. The molecule has 0 amide bonds. The lowest BCUT2D eigenvalue weighted by atomic mass is 9.93. The van der Waals surface area contributed by atoms with Gasteiger partial charge >= 0.3 is 6.43 Å². The van der Waals surface area contributed by atoms with Crippen LogP contribution in [0.4, 0.5) is 8.78 Å². The smallest absolute Gasteiger partial charge is 0.314 e. The van der Waals surface area contributed by atoms with Crippen molar-refractivity contribution in [1.82, 2.24) is 20.5 Å². The highest BCUT2D eigenvalue weighted by Crippen LogP contribution is 2.31. The molecule has 8 heteroatoms. The van der Waals surface area contributed by atoms with Crippen LogP contribution >= 0.6 is 0 Å². The Morgan fingerprint density at radius 2 is 2.00 bits per heavy atom. The number of halogens is 2. The number of fused-ring (bicyclic) bond motifs is 2. The molecule has 134 valence electrons. The Labute approximate surface area is 144 Å². The van der Waals surface area contributed by atoms with Gasteiger partial charge in [-0.15, -0.1) is 10.2 Å². The van der Waals surface area contributed by atoms with E-state index in [0.717, 1.165) is 12.3 Å². The third-order valence-electron chi connectivity index (χ3n) is 4.87. The van der Waals surface area contributed by atoms with E-state index in [4.69, 9.17) is 9.15 Å². The van der Waals surface area contributed by atoms with Gasteiger partial charge in [-0.2, -0.15) is 8.78 Å². The third kappa shape index (κ3) is 3.85. The van der Waals surface area contributed by atoms with Crippen molar-refractivity contribution in [2.45, 2.75) is 50.8 Å². The molecule has 2 fully saturated rings. The monoisotopic (exact) mass is 350 g/mol. The Morgan fingerprint density at radius 3 is 2.64 bits per heavy atom. The van der Waals surface area contributed by atoms with Gasteiger partial charge in [-0.1, -0.05) is 0 Å². The van der Waals surface area contributed by atoms with E-state index in [-0.39, 0.29) is 5.89 Å². The molecule has 2 aliphatic rings. The molecule has 1 N–H and O–H groups in total. The van der Waals surface area contributed by atoms with Gasteiger partial charge in [-0.3, -0.25) is 4.98 Å². The van der Waals surface area contributed by atoms with Crippen LogP contribution in [0.5, 0.6) is 0 Å². The first-order chi connectivity index (χ1) is 12.2. The van der Waals surface area contributed by atoms with Crippen molar-refractivity contribution in [2.75, 3.05) is 6.61 Å². The van der Waals surface area contributed by atoms with Gasteiger partial charge in [0.1, 0.15) is 0 Å². The van der Waals surface area contributed by atoms with Gasteiger partial charge in [0.25, 0.3) is 5.89 Å². The van der Waals surface area contributed by atoms with Crippen molar-refractivity contribution < 1.29 is 17.9 Å². The van der Waals surface area contributed by atoms with Gasteiger partial charge in [0.2, 0.25) is 5.89 Å². The normalized spacial score (nSPS) is 25.6. The van der Waals surface area contributed by atoms with Crippen molar-refractivity contribution in [3.05, 3.63) is 29.9 Å². The van der Waals surface area contributed by atoms with E-state index < -0.39 is 12.3 Å². The number of nitrogens with zero attached hydrogens (tertiary/aromatic N) is 3. The zero-order valence-corrected chi connectivity index (χ0v) is 13.7. The van der Waals surface area contributed by atoms with Crippen molar-refractivity contribution >= 4 is 0 Å². The fraction of sp³-hybridized carbons (Fsp3) is 0.588. The van der Waals surface area contributed by atoms with Gasteiger partial charge in [0.15, 0.2) is 0 Å². The molecule has 2 bridgehead atoms. The van der Waals surface area contributed by atoms with Crippen molar-refractivity contribution in [1.29, 1.82) is 0 Å². The molecule has 0 radical (unpaired) electrons. The molecule has 25 heavy (non-hydrogen) atoms. The van der Waals surface area contributed by atoms with Crippen molar-refractivity contribution in [3.63, 3.8) is 0 Å². The average Bonchev–Trinajstić information content (AvgIpc) is 3.23. The van der Waals surface area contributed by atoms with Gasteiger partial charge in [-0.25, -0.2) is 0 Å². The summed E-state index contributed by atoms with van der Waals surface area (Å²) in [6.45, 7) is 1.19. The molecule has 2 aliphatic heterocycles. The lowest BCUT2D eigenvalue weighted by molar-refractivity contribution is 0.0669. The largest absolute Gasteiger partial charge is 0.415 e. The number of pyridine rings is 1. The Bertz CT molecular complexity index is 695. The molecule has 4 rings (SSSR count). The van der Waals surface area contributed by atoms with Crippen LogP contribution in [0.25, 0.3) is 11.5 Å². The minimum Gasteiger partial charge on any atom is -0.415 e. The summed E-state index contributed by atoms with van der Waals surface area (Å²) in [5, 5.41) is 10.5. The molecule has 0 spiro atoms. The summed E-state index contributed by atoms with van der Waals surface area (Å²) in [5.74, 6) is -0.0250. The molecule has 0 saturated carbocycles. The van der Waals surface area contributed by atoms with Crippen LogP contribution < -0.4 is 5.32 Å². The van der Waals surface area contributed by atoms with Crippen LogP contribution in [0.2, 0.25) is 0 Å². The van der Waals surface area contributed by atoms with Gasteiger partial charge < -0.3 is 14.5 Å². The summed E-state index contributed by atoms with van der Waals surface area (Å²) in [5.41, 5.74) is 1.30. The summed E-state index contributed by atoms with van der Waals surface area (Å²) >= 11 is 0. The molecule has 2 atom stereocenters. The molecule has 2 saturated heterocycles. The van der Waals surface area contributed by atoms with E-state index in [1.807, 2.05) is 0 Å². The fourth-order valence-electron chi connectivity index (χ4n) is 3.72. The van der Waals surface area contributed by atoms with Crippen molar-refractivity contribution in [2.24, 2.45) is 5.92 Å². The molecule has 2 aromatic rings. The molecule has 4 heterocycles. The highest BCUT2D eigenvalue weighted by Gasteiger charge is 2.33. The maximum Gasteiger partial charge on any atom is 0.314 e. The minimum absolute atomic E-state index is 0.0421. The second-order valence-electron chi connectivity index (χ2n) is 6.77. The van der Waals surface area contributed by atoms with E-state index in [2.05, 4.69) is 20.5 Å². The summed E-state index contributed by atoms with van der Waals surface area (Å²) in [7, 11) is 0. The number of rotatable bonds is 6. The molecular weight excluding hydrogens is 330 g/mol. The van der Waals surface area contributed by atoms with Crippen LogP contribution in [-0.2, 0) is 11.3 Å². The lowest BCUT2D eigenvalue weighted by Crippen LogP contribution is -2.39. The predicted molar refractivity (Wildman–Crippen MR) is 84.8 cm³/mol. The number of alkyl halides is 2. The number of ether oxygens (including phenoxy) is 1. The lowest BCUT2D eigenvalue weighted by Gasteiger charge is -2.28. The second-order valence-corrected chi connectivity index (χ2v) is 6.77. The SMILES string of the molecule is FC(F)c1nnc(-c2ccc(COCC3CC4CCC(C3)N4)nc2)o1. The van der Waals surface area contributed by atoms with Crippen LogP contribution in [0.3, 0.4) is 0 Å². The fourth-order valence-corrected chi connectivity index (χ4v) is 3.72. The molecule has 2 aromatic heterocycles. The number of hydrogen-bond donors (Lipinski definition) is 1. The summed E-state index contributed by atoms with van der Waals surface area (Å²) in [6.07, 6.45) is 3.71. The standard InChI is InChI=1S/C17H20F2N4O2/c18-15(19)17-23-22-16(25-17)11-1-2-14(20-7-11)9-24-8-10-5-12-3-4-13(6-10)21-12/h1-2,7,10,12-13,15,21H,3-6,8-9H2. The zero-order chi connectivity index (χ0) is 17.2. The summed E-state index contributed by atoms with van der Waals surface area (Å²) in [6, 6.07) is 4.84. The minimum atomic E-state index is -2.77. The predicted octanol–water partition coefficient (Wildman–Crippen LogP) is 3.12.